The van der Waals surface area contributed by atoms with Gasteiger partial charge in [0.25, 0.3) is 11.8 Å². The maximum absolute atomic E-state index is 14.9. The number of hydrogen-bond acceptors (Lipinski definition) is 7. The van der Waals surface area contributed by atoms with Crippen molar-refractivity contribution in [2.24, 2.45) is 11.3 Å². The second kappa shape index (κ2) is 18.2. The van der Waals surface area contributed by atoms with Gasteiger partial charge in [0.15, 0.2) is 0 Å². The minimum absolute atomic E-state index is 0.0147. The zero-order chi connectivity index (χ0) is 41.5. The summed E-state index contributed by atoms with van der Waals surface area (Å²) in [7, 11) is 0. The van der Waals surface area contributed by atoms with Gasteiger partial charge in [-0.3, -0.25) is 19.4 Å². The first kappa shape index (κ1) is 44.2. The average molecular weight is 812 g/mol. The minimum Gasteiger partial charge on any atom is -0.493 e. The number of aromatic nitrogens is 1. The van der Waals surface area contributed by atoms with Crippen molar-refractivity contribution in [3.63, 3.8) is 0 Å². The van der Waals surface area contributed by atoms with Gasteiger partial charge in [-0.2, -0.15) is 26.3 Å². The lowest BCUT2D eigenvalue weighted by Crippen LogP contribution is -2.68. The average Bonchev–Trinajstić information content (AvgIpc) is 3.63. The van der Waals surface area contributed by atoms with E-state index in [9.17, 15) is 45.8 Å². The summed E-state index contributed by atoms with van der Waals surface area (Å²) >= 11 is 0.378. The van der Waals surface area contributed by atoms with Crippen LogP contribution in [0.3, 0.4) is 0 Å². The molecule has 306 valence electrons. The number of amides is 2. The molecule has 0 saturated carbocycles. The molecule has 0 unspecified atom stereocenters. The molecule has 2 aliphatic heterocycles. The smallest absolute Gasteiger partial charge is 0.425 e. The molecule has 4 rings (SSSR count). The van der Waals surface area contributed by atoms with E-state index in [4.69, 9.17) is 15.9 Å². The van der Waals surface area contributed by atoms with E-state index in [1.165, 1.54) is 4.90 Å². The zero-order valence-electron chi connectivity index (χ0n) is 31.8. The summed E-state index contributed by atoms with van der Waals surface area (Å²) in [5.41, 5.74) is -4.41. The van der Waals surface area contributed by atoms with E-state index in [2.05, 4.69) is 10.9 Å². The van der Waals surface area contributed by atoms with Crippen LogP contribution in [0.5, 0.6) is 5.75 Å². The second-order valence-corrected chi connectivity index (χ2v) is 15.5. The number of piperidine rings is 2. The molecule has 2 atom stereocenters. The van der Waals surface area contributed by atoms with Gasteiger partial charge in [0.2, 0.25) is 5.60 Å². The number of carbonyl (C=O) groups excluding carboxylic acids is 2. The summed E-state index contributed by atoms with van der Waals surface area (Å²) in [6.07, 6.45) is 3.06. The van der Waals surface area contributed by atoms with Crippen LogP contribution in [0, 0.1) is 23.7 Å². The highest BCUT2D eigenvalue weighted by atomic mass is 32.1. The Hall–Kier alpha value is -4.52. The van der Waals surface area contributed by atoms with Crippen LogP contribution in [0.25, 0.3) is 0 Å². The Balaban J connectivity index is 1.67. The van der Waals surface area contributed by atoms with Gasteiger partial charge >= 0.3 is 18.3 Å². The van der Waals surface area contributed by atoms with Crippen molar-refractivity contribution in [3.05, 3.63) is 69.4 Å². The maximum atomic E-state index is 14.9. The molecule has 2 aliphatic rings. The summed E-state index contributed by atoms with van der Waals surface area (Å²) in [6, 6.07) is 1.43. The third-order valence-corrected chi connectivity index (χ3v) is 11.2. The van der Waals surface area contributed by atoms with Crippen LogP contribution in [-0.4, -0.2) is 75.6 Å². The Morgan fingerprint density at radius 3 is 2.39 bits per heavy atom. The van der Waals surface area contributed by atoms with Crippen LogP contribution in [0.2, 0.25) is 0 Å². The predicted molar refractivity (Wildman–Crippen MR) is 197 cm³/mol. The van der Waals surface area contributed by atoms with E-state index in [-0.39, 0.29) is 57.2 Å². The number of alkyl halides is 6. The second-order valence-electron chi connectivity index (χ2n) is 14.6. The highest BCUT2D eigenvalue weighted by Crippen LogP contribution is 2.43. The number of carboxylic acid groups (broad SMARTS) is 1. The van der Waals surface area contributed by atoms with Crippen LogP contribution in [0.15, 0.2) is 53.3 Å². The van der Waals surface area contributed by atoms with Crippen molar-refractivity contribution in [2.75, 3.05) is 26.2 Å². The Bertz CT molecular complexity index is 1820. The van der Waals surface area contributed by atoms with Gasteiger partial charge in [-0.1, -0.05) is 25.3 Å². The number of terminal acetylenes is 1. The molecule has 2 amide bonds. The van der Waals surface area contributed by atoms with E-state index >= 15 is 0 Å². The van der Waals surface area contributed by atoms with E-state index in [0.717, 1.165) is 34.7 Å². The van der Waals surface area contributed by atoms with Crippen molar-refractivity contribution in [1.29, 1.82) is 0 Å². The number of allylic oxidation sites excluding steroid dienone is 3. The molecule has 56 heavy (non-hydrogen) atoms. The first-order valence-corrected chi connectivity index (χ1v) is 19.4. The number of ether oxygens (including phenoxy) is 2. The van der Waals surface area contributed by atoms with Crippen LogP contribution in [0.4, 0.5) is 26.3 Å². The number of hydrogen-bond donors (Lipinski definition) is 1. The molecular weight excluding hydrogens is 765 g/mol. The quantitative estimate of drug-likeness (QED) is 0.0667. The van der Waals surface area contributed by atoms with Crippen molar-refractivity contribution in [1.82, 2.24) is 14.8 Å². The summed E-state index contributed by atoms with van der Waals surface area (Å²) in [5.74, 6) is 0.123. The monoisotopic (exact) mass is 811 g/mol. The molecule has 4 heterocycles. The molecule has 0 aliphatic carbocycles. The van der Waals surface area contributed by atoms with Crippen molar-refractivity contribution in [2.45, 2.75) is 103 Å². The number of halogens is 6. The number of pyridine rings is 1. The number of carbonyl (C=O) groups is 3. The van der Waals surface area contributed by atoms with Gasteiger partial charge in [-0.15, -0.1) is 17.8 Å². The first-order valence-electron chi connectivity index (χ1n) is 18.5. The minimum atomic E-state index is -4.91. The number of rotatable bonds is 14. The van der Waals surface area contributed by atoms with Gasteiger partial charge in [-0.25, -0.2) is 0 Å². The third-order valence-electron chi connectivity index (χ3n) is 10.2. The molecule has 16 heteroatoms. The normalized spacial score (nSPS) is 20.4. The number of nitrogens with zero attached hydrogens (tertiary/aromatic N) is 3. The summed E-state index contributed by atoms with van der Waals surface area (Å²) in [4.78, 5) is 45.9. The predicted octanol–water partition coefficient (Wildman–Crippen LogP) is 9.01. The lowest BCUT2D eigenvalue weighted by molar-refractivity contribution is -0.160. The highest BCUT2D eigenvalue weighted by molar-refractivity contribution is 7.10. The SMILES string of the molecule is C#C/C(=C(\C=C/C)OCCCC(C)(C)C(=O)O)C1CCN(C(=O)[C@]2(Oc3csc(C(F)(F)F)c3)CCCN(C(=O)c3ncccc3C(F)(F)F)[C@@H]2CCC)CC1. The Morgan fingerprint density at radius 1 is 1.12 bits per heavy atom. The first-order chi connectivity index (χ1) is 26.3. The topological polar surface area (TPSA) is 109 Å². The van der Waals surface area contributed by atoms with Crippen LogP contribution in [0.1, 0.15) is 100.0 Å². The van der Waals surface area contributed by atoms with Crippen molar-refractivity contribution in [3.8, 4) is 18.1 Å². The number of aliphatic carboxylic acids is 1. The van der Waals surface area contributed by atoms with Crippen molar-refractivity contribution >= 4 is 29.1 Å². The molecule has 1 N–H and O–H groups in total. The summed E-state index contributed by atoms with van der Waals surface area (Å²) < 4.78 is 95.6. The third kappa shape index (κ3) is 10.1. The standard InChI is InChI=1S/C40H47F6N3O6S/c1-6-12-30(54-23-11-17-37(4,5)36(52)53)28(8-3)26-15-21-48(22-16-26)35(51)38(55-27-24-32(56-25-27)40(44,45)46)18-10-20-49(31(38)13-7-2)34(50)33-29(39(41,42)43)14-9-19-47-33/h3,6,9,12,14,19,24-26,31H,7,10-11,13,15-18,20-23H2,1-2,4-5H3,(H,52,53)/b12-6-,30-28-/t31-,38+/m1/s1. The number of carboxylic acids is 1. The van der Waals surface area contributed by atoms with Gasteiger partial charge in [0.05, 0.1) is 23.6 Å². The van der Waals surface area contributed by atoms with Gasteiger partial charge < -0.3 is 24.4 Å². The molecule has 2 aromatic rings. The Kier molecular flexibility index (Phi) is 14.3. The fourth-order valence-electron chi connectivity index (χ4n) is 7.27. The lowest BCUT2D eigenvalue weighted by Gasteiger charge is -2.50. The molecule has 0 bridgehead atoms. The fourth-order valence-corrected chi connectivity index (χ4v) is 7.95. The van der Waals surface area contributed by atoms with Crippen LogP contribution >= 0.6 is 11.3 Å². The summed E-state index contributed by atoms with van der Waals surface area (Å²) in [5, 5.41) is 10.6. The van der Waals surface area contributed by atoms with Crippen LogP contribution < -0.4 is 4.74 Å². The molecule has 2 aromatic heterocycles. The van der Waals surface area contributed by atoms with E-state index in [1.807, 2.05) is 0 Å². The molecule has 0 aromatic carbocycles. The van der Waals surface area contributed by atoms with Gasteiger partial charge in [0.1, 0.15) is 22.1 Å². The molecule has 2 fully saturated rings. The fraction of sp³-hybridized carbons (Fsp3) is 0.550. The molecule has 0 spiro atoms. The largest absolute Gasteiger partial charge is 0.493 e. The lowest BCUT2D eigenvalue weighted by atomic mass is 9.79. The van der Waals surface area contributed by atoms with Gasteiger partial charge in [0, 0.05) is 49.3 Å². The number of thiophene rings is 1. The zero-order valence-corrected chi connectivity index (χ0v) is 32.6. The molecule has 0 radical (unpaired) electrons. The van der Waals surface area contributed by atoms with E-state index < -0.39 is 63.3 Å². The van der Waals surface area contributed by atoms with E-state index in [0.29, 0.717) is 54.8 Å². The summed E-state index contributed by atoms with van der Waals surface area (Å²) in [6.45, 7) is 7.30. The molecule has 9 nitrogen and oxygen atoms in total. The Morgan fingerprint density at radius 2 is 1.82 bits per heavy atom. The van der Waals surface area contributed by atoms with E-state index in [1.54, 1.807) is 39.8 Å². The highest BCUT2D eigenvalue weighted by Gasteiger charge is 2.56. The Labute approximate surface area is 326 Å². The van der Waals surface area contributed by atoms with Gasteiger partial charge in [-0.05, 0) is 83.4 Å². The number of likely N-dealkylation sites (tertiary alicyclic amines) is 2. The maximum Gasteiger partial charge on any atom is 0.425 e. The molecular formula is C40H47F6N3O6S. The van der Waals surface area contributed by atoms with Crippen molar-refractivity contribution < 1.29 is 55.3 Å². The van der Waals surface area contributed by atoms with Crippen LogP contribution in [-0.2, 0) is 26.7 Å². The molecule has 2 saturated heterocycles.